The lowest BCUT2D eigenvalue weighted by atomic mass is 10.0. The number of halogens is 3. The zero-order chi connectivity index (χ0) is 19.6. The van der Waals surface area contributed by atoms with Crippen LogP contribution in [0.2, 0.25) is 0 Å². The number of benzene rings is 3. The van der Waals surface area contributed by atoms with Gasteiger partial charge in [0.1, 0.15) is 0 Å². The third-order valence-electron chi connectivity index (χ3n) is 4.51. The molecule has 138 valence electrons. The molecular formula is C24H16F3P. The molecule has 0 saturated carbocycles. The van der Waals surface area contributed by atoms with Crippen molar-refractivity contribution in [1.29, 1.82) is 0 Å². The van der Waals surface area contributed by atoms with Crippen LogP contribution in [0.15, 0.2) is 97.1 Å². The van der Waals surface area contributed by atoms with Crippen molar-refractivity contribution in [1.82, 2.24) is 0 Å². The first kappa shape index (κ1) is 18.5. The third kappa shape index (κ3) is 4.00. The van der Waals surface area contributed by atoms with Crippen LogP contribution in [0, 0.1) is 0 Å². The highest BCUT2D eigenvalue weighted by atomic mass is 31.0. The molecule has 4 heteroatoms. The molecule has 0 unspecified atom stereocenters. The van der Waals surface area contributed by atoms with E-state index in [0.717, 1.165) is 53.2 Å². The second kappa shape index (κ2) is 7.61. The monoisotopic (exact) mass is 392 g/mol. The van der Waals surface area contributed by atoms with Gasteiger partial charge in [-0.25, -0.2) is 0 Å². The first-order chi connectivity index (χ1) is 13.5. The number of hydrogen-bond acceptors (Lipinski definition) is 0. The lowest BCUT2D eigenvalue weighted by Gasteiger charge is -2.12. The Morgan fingerprint density at radius 2 is 0.964 bits per heavy atom. The normalized spacial score (nSPS) is 11.4. The van der Waals surface area contributed by atoms with Gasteiger partial charge in [-0.15, -0.1) is 0 Å². The minimum Gasteiger partial charge on any atom is -0.166 e. The van der Waals surface area contributed by atoms with E-state index in [9.17, 15) is 13.2 Å². The van der Waals surface area contributed by atoms with E-state index >= 15 is 0 Å². The zero-order valence-corrected chi connectivity index (χ0v) is 15.7. The van der Waals surface area contributed by atoms with Gasteiger partial charge >= 0.3 is 6.18 Å². The predicted octanol–water partition coefficient (Wildman–Crippen LogP) is 8.29. The van der Waals surface area contributed by atoms with Gasteiger partial charge in [-0.05, 0) is 46.5 Å². The Labute approximate surface area is 163 Å². The van der Waals surface area contributed by atoms with E-state index in [2.05, 4.69) is 36.4 Å². The molecule has 0 spiro atoms. The van der Waals surface area contributed by atoms with E-state index in [0.29, 0.717) is 0 Å². The van der Waals surface area contributed by atoms with Gasteiger partial charge < -0.3 is 0 Å². The van der Waals surface area contributed by atoms with E-state index in [1.54, 1.807) is 12.1 Å². The van der Waals surface area contributed by atoms with E-state index < -0.39 is 11.7 Å². The summed E-state index contributed by atoms with van der Waals surface area (Å²) in [5, 5.41) is 2.24. The highest BCUT2D eigenvalue weighted by Gasteiger charge is 2.30. The van der Waals surface area contributed by atoms with Crippen LogP contribution in [-0.2, 0) is 6.18 Å². The van der Waals surface area contributed by atoms with E-state index in [1.165, 1.54) is 0 Å². The van der Waals surface area contributed by atoms with Gasteiger partial charge in [0.25, 0.3) is 0 Å². The van der Waals surface area contributed by atoms with Crippen molar-refractivity contribution in [3.63, 3.8) is 0 Å². The quantitative estimate of drug-likeness (QED) is 0.329. The Balaban J connectivity index is 1.85. The second-order valence-corrected chi connectivity index (χ2v) is 7.62. The van der Waals surface area contributed by atoms with Crippen molar-refractivity contribution in [3.8, 4) is 32.8 Å². The average Bonchev–Trinajstić information content (AvgIpc) is 2.74. The van der Waals surface area contributed by atoms with Crippen molar-refractivity contribution >= 4 is 8.19 Å². The van der Waals surface area contributed by atoms with Crippen LogP contribution >= 0.6 is 8.19 Å². The van der Waals surface area contributed by atoms with Gasteiger partial charge in [-0.2, -0.15) is 13.2 Å². The molecule has 0 nitrogen and oxygen atoms in total. The predicted molar refractivity (Wildman–Crippen MR) is 110 cm³/mol. The number of alkyl halides is 3. The van der Waals surface area contributed by atoms with Crippen molar-refractivity contribution in [2.24, 2.45) is 0 Å². The fourth-order valence-corrected chi connectivity index (χ4v) is 4.29. The highest BCUT2D eigenvalue weighted by Crippen LogP contribution is 2.41. The molecule has 0 saturated heterocycles. The van der Waals surface area contributed by atoms with Crippen LogP contribution in [0.25, 0.3) is 32.8 Å². The minimum absolute atomic E-state index is 0.634. The third-order valence-corrected chi connectivity index (χ3v) is 5.77. The molecule has 0 atom stereocenters. The molecule has 0 bridgehead atoms. The molecule has 4 rings (SSSR count). The minimum atomic E-state index is -4.33. The van der Waals surface area contributed by atoms with Gasteiger partial charge in [0.05, 0.1) is 5.56 Å². The van der Waals surface area contributed by atoms with Crippen LogP contribution in [-0.4, -0.2) is 0 Å². The van der Waals surface area contributed by atoms with Gasteiger partial charge in [0.2, 0.25) is 0 Å². The Morgan fingerprint density at radius 3 is 1.39 bits per heavy atom. The summed E-state index contributed by atoms with van der Waals surface area (Å²) in [5.41, 5.74) is 3.26. The molecule has 0 fully saturated rings. The maximum Gasteiger partial charge on any atom is 0.416 e. The number of hydrogen-bond donors (Lipinski definition) is 0. The summed E-state index contributed by atoms with van der Waals surface area (Å²) in [4.78, 5) is 0. The molecule has 0 aliphatic rings. The van der Waals surface area contributed by atoms with Crippen LogP contribution < -0.4 is 0 Å². The van der Waals surface area contributed by atoms with Gasteiger partial charge in [0, 0.05) is 10.6 Å². The van der Waals surface area contributed by atoms with Crippen molar-refractivity contribution in [2.75, 3.05) is 0 Å². The van der Waals surface area contributed by atoms with Crippen molar-refractivity contribution in [3.05, 3.63) is 103 Å². The maximum absolute atomic E-state index is 12.9. The molecule has 0 N–H and O–H groups in total. The Hall–Kier alpha value is -2.90. The molecule has 0 aliphatic carbocycles. The number of rotatable bonds is 3. The topological polar surface area (TPSA) is 0 Å². The largest absolute Gasteiger partial charge is 0.416 e. The SMILES string of the molecule is FC(F)(F)c1ccc(-c2cc(-c3ccccc3)pc(-c3ccccc3)c2)cc1. The van der Waals surface area contributed by atoms with Crippen LogP contribution in [0.1, 0.15) is 5.56 Å². The van der Waals surface area contributed by atoms with E-state index in [1.807, 2.05) is 36.4 Å². The smallest absolute Gasteiger partial charge is 0.166 e. The molecule has 3 aromatic carbocycles. The van der Waals surface area contributed by atoms with E-state index in [-0.39, 0.29) is 0 Å². The summed E-state index contributed by atoms with van der Waals surface area (Å²) in [7, 11) is 1.07. The summed E-state index contributed by atoms with van der Waals surface area (Å²) in [6.45, 7) is 0. The molecular weight excluding hydrogens is 376 g/mol. The fourth-order valence-electron chi connectivity index (χ4n) is 3.06. The molecule has 1 aromatic heterocycles. The lowest BCUT2D eigenvalue weighted by Crippen LogP contribution is -2.03. The molecule has 0 aliphatic heterocycles. The summed E-state index contributed by atoms with van der Waals surface area (Å²) >= 11 is 0. The molecule has 0 radical (unpaired) electrons. The van der Waals surface area contributed by atoms with Crippen molar-refractivity contribution < 1.29 is 13.2 Å². The van der Waals surface area contributed by atoms with Gasteiger partial charge in [-0.3, -0.25) is 0 Å². The Kier molecular flexibility index (Phi) is 5.02. The molecule has 1 heterocycles. The standard InChI is InChI=1S/C24H16F3P/c25-24(26,27)21-13-11-17(12-14-21)20-15-22(18-7-3-1-4-8-18)28-23(16-20)19-9-5-2-6-10-19/h1-16H. The average molecular weight is 392 g/mol. The van der Waals surface area contributed by atoms with Crippen LogP contribution in [0.4, 0.5) is 13.2 Å². The van der Waals surface area contributed by atoms with Crippen molar-refractivity contribution in [2.45, 2.75) is 6.18 Å². The zero-order valence-electron chi connectivity index (χ0n) is 14.8. The first-order valence-corrected chi connectivity index (χ1v) is 9.71. The van der Waals surface area contributed by atoms with E-state index in [4.69, 9.17) is 0 Å². The summed E-state index contributed by atoms with van der Waals surface area (Å²) in [6.07, 6.45) is -4.33. The fraction of sp³-hybridized carbons (Fsp3) is 0.0417. The summed E-state index contributed by atoms with van der Waals surface area (Å²) in [6, 6.07) is 29.6. The molecule has 28 heavy (non-hydrogen) atoms. The Morgan fingerprint density at radius 1 is 0.500 bits per heavy atom. The van der Waals surface area contributed by atoms with Gasteiger partial charge in [0.15, 0.2) is 0 Å². The second-order valence-electron chi connectivity index (χ2n) is 6.43. The maximum atomic E-state index is 12.9. The summed E-state index contributed by atoms with van der Waals surface area (Å²) < 4.78 is 38.7. The van der Waals surface area contributed by atoms with Crippen LogP contribution in [0.5, 0.6) is 0 Å². The van der Waals surface area contributed by atoms with Gasteiger partial charge in [-0.1, -0.05) is 81.0 Å². The molecule has 0 amide bonds. The molecule has 4 aromatic rings. The Bertz CT molecular complexity index is 1010. The first-order valence-electron chi connectivity index (χ1n) is 8.81. The van der Waals surface area contributed by atoms with Crippen LogP contribution in [0.3, 0.4) is 0 Å². The highest BCUT2D eigenvalue weighted by molar-refractivity contribution is 7.37. The lowest BCUT2D eigenvalue weighted by molar-refractivity contribution is -0.137. The summed E-state index contributed by atoms with van der Waals surface area (Å²) in [5.74, 6) is 0.